The van der Waals surface area contributed by atoms with E-state index in [1.54, 1.807) is 0 Å². The van der Waals surface area contributed by atoms with Crippen molar-refractivity contribution in [2.45, 2.75) is 78.1 Å². The third-order valence-electron chi connectivity index (χ3n) is 11.6. The highest BCUT2D eigenvalue weighted by Gasteiger charge is 2.18. The molecule has 2 nitrogen and oxygen atoms in total. The first-order valence-corrected chi connectivity index (χ1v) is 21.6. The minimum atomic E-state index is 1.13. The van der Waals surface area contributed by atoms with Crippen LogP contribution in [0.15, 0.2) is 182 Å². The molecule has 0 spiro atoms. The van der Waals surface area contributed by atoms with Crippen LogP contribution in [-0.2, 0) is 12.8 Å². The highest BCUT2D eigenvalue weighted by Crippen LogP contribution is 2.42. The zero-order valence-electron chi connectivity index (χ0n) is 34.3. The predicted molar refractivity (Wildman–Crippen MR) is 252 cm³/mol. The summed E-state index contributed by atoms with van der Waals surface area (Å²) >= 11 is 0. The Balaban J connectivity index is 1.10. The fraction of sp³-hybridized carbons (Fsp3) is 0.214. The lowest BCUT2D eigenvalue weighted by Crippen LogP contribution is -2.11. The zero-order chi connectivity index (χ0) is 39.5. The molecule has 58 heavy (non-hydrogen) atoms. The van der Waals surface area contributed by atoms with Gasteiger partial charge in [-0.15, -0.1) is 0 Å². The number of hydrogen-bond acceptors (Lipinski definition) is 2. The summed E-state index contributed by atoms with van der Waals surface area (Å²) in [6.07, 6.45) is 12.5. The van der Waals surface area contributed by atoms with Gasteiger partial charge in [-0.05, 0) is 119 Å². The number of benzene rings is 8. The van der Waals surface area contributed by atoms with E-state index in [4.69, 9.17) is 0 Å². The van der Waals surface area contributed by atoms with Crippen LogP contribution in [0.5, 0.6) is 0 Å². The second-order valence-electron chi connectivity index (χ2n) is 15.7. The Kier molecular flexibility index (Phi) is 12.6. The second-order valence-corrected chi connectivity index (χ2v) is 15.7. The van der Waals surface area contributed by atoms with Crippen LogP contribution in [0.2, 0.25) is 0 Å². The van der Waals surface area contributed by atoms with Crippen molar-refractivity contribution in [2.24, 2.45) is 0 Å². The van der Waals surface area contributed by atoms with Crippen LogP contribution in [0.25, 0.3) is 32.7 Å². The lowest BCUT2D eigenvalue weighted by atomic mass is 10.0. The molecule has 0 radical (unpaired) electrons. The Morgan fingerprint density at radius 1 is 0.310 bits per heavy atom. The molecule has 0 saturated carbocycles. The van der Waals surface area contributed by atoms with Gasteiger partial charge in [0.15, 0.2) is 0 Å². The van der Waals surface area contributed by atoms with Gasteiger partial charge in [-0.1, -0.05) is 174 Å². The lowest BCUT2D eigenvalue weighted by Gasteiger charge is -2.28. The van der Waals surface area contributed by atoms with Crippen molar-refractivity contribution in [2.75, 3.05) is 9.80 Å². The van der Waals surface area contributed by atoms with Crippen LogP contribution in [0.3, 0.4) is 0 Å². The van der Waals surface area contributed by atoms with Crippen molar-refractivity contribution in [1.29, 1.82) is 0 Å². The Hall–Kier alpha value is -6.12. The Morgan fingerprint density at radius 3 is 1.03 bits per heavy atom. The van der Waals surface area contributed by atoms with E-state index in [1.807, 2.05) is 0 Å². The van der Waals surface area contributed by atoms with Crippen LogP contribution in [0.1, 0.15) is 76.3 Å². The molecule has 0 unspecified atom stereocenters. The molecular formula is C56H56N2. The minimum Gasteiger partial charge on any atom is -0.310 e. The van der Waals surface area contributed by atoms with E-state index in [9.17, 15) is 0 Å². The van der Waals surface area contributed by atoms with Crippen molar-refractivity contribution < 1.29 is 0 Å². The SMILES string of the molecule is CCCCCCc1ccc(N(c2ccc(-c3ccc(N(c4ccc(CCCCCC)cc4)c4cccc5ccccc45)cc3)cc2)c2cccc3ccccc23)cc1. The van der Waals surface area contributed by atoms with Crippen molar-refractivity contribution in [3.8, 4) is 11.1 Å². The van der Waals surface area contributed by atoms with Gasteiger partial charge >= 0.3 is 0 Å². The van der Waals surface area contributed by atoms with Crippen molar-refractivity contribution in [3.05, 3.63) is 193 Å². The number of nitrogens with zero attached hydrogens (tertiary/aromatic N) is 2. The molecule has 0 heterocycles. The van der Waals surface area contributed by atoms with Gasteiger partial charge in [0.05, 0.1) is 11.4 Å². The van der Waals surface area contributed by atoms with Gasteiger partial charge in [0.1, 0.15) is 0 Å². The first-order chi connectivity index (χ1) is 28.7. The summed E-state index contributed by atoms with van der Waals surface area (Å²) < 4.78 is 0. The molecule has 8 aromatic carbocycles. The zero-order valence-corrected chi connectivity index (χ0v) is 34.3. The maximum absolute atomic E-state index is 2.41. The third kappa shape index (κ3) is 8.88. The van der Waals surface area contributed by atoms with Gasteiger partial charge in [0.25, 0.3) is 0 Å². The van der Waals surface area contributed by atoms with Crippen molar-refractivity contribution in [3.63, 3.8) is 0 Å². The maximum Gasteiger partial charge on any atom is 0.0540 e. The molecule has 0 saturated heterocycles. The van der Waals surface area contributed by atoms with E-state index in [0.717, 1.165) is 24.2 Å². The highest BCUT2D eigenvalue weighted by atomic mass is 15.1. The molecule has 0 N–H and O–H groups in total. The first kappa shape index (κ1) is 38.7. The van der Waals surface area contributed by atoms with Crippen LogP contribution in [0.4, 0.5) is 34.1 Å². The number of aryl methyl sites for hydroxylation is 2. The van der Waals surface area contributed by atoms with Gasteiger partial charge in [0, 0.05) is 33.5 Å². The second kappa shape index (κ2) is 18.9. The summed E-state index contributed by atoms with van der Waals surface area (Å²) in [5.74, 6) is 0. The quantitative estimate of drug-likeness (QED) is 0.0854. The first-order valence-electron chi connectivity index (χ1n) is 21.6. The number of unbranched alkanes of at least 4 members (excludes halogenated alkanes) is 6. The number of fused-ring (bicyclic) bond motifs is 2. The van der Waals surface area contributed by atoms with E-state index in [1.165, 1.54) is 118 Å². The molecule has 0 fully saturated rings. The normalized spacial score (nSPS) is 11.3. The van der Waals surface area contributed by atoms with Crippen LogP contribution in [-0.4, -0.2) is 0 Å². The molecule has 0 aromatic heterocycles. The summed E-state index contributed by atoms with van der Waals surface area (Å²) in [6.45, 7) is 4.55. The standard InChI is InChI=1S/C56H56N2/c1-3-5-7-9-17-43-27-35-49(36-28-43)57(55-25-15-21-47-19-11-13-23-53(47)55)51-39-31-45(32-40-51)46-33-41-52(42-34-46)58(56-26-16-22-48-20-12-14-24-54(48)56)50-37-29-44(30-38-50)18-10-8-6-4-2/h11-16,19-42H,3-10,17-18H2,1-2H3. The van der Waals surface area contributed by atoms with Crippen LogP contribution in [0, 0.1) is 0 Å². The van der Waals surface area contributed by atoms with E-state index in [2.05, 4.69) is 206 Å². The predicted octanol–water partition coefficient (Wildman–Crippen LogP) is 16.8. The van der Waals surface area contributed by atoms with Gasteiger partial charge in [-0.25, -0.2) is 0 Å². The number of rotatable bonds is 17. The third-order valence-corrected chi connectivity index (χ3v) is 11.6. The van der Waals surface area contributed by atoms with Gasteiger partial charge in [-0.2, -0.15) is 0 Å². The molecular weight excluding hydrogens is 701 g/mol. The average Bonchev–Trinajstić information content (AvgIpc) is 3.28. The van der Waals surface area contributed by atoms with E-state index < -0.39 is 0 Å². The summed E-state index contributed by atoms with van der Waals surface area (Å²) in [7, 11) is 0. The molecule has 0 atom stereocenters. The Morgan fingerprint density at radius 2 is 0.655 bits per heavy atom. The van der Waals surface area contributed by atoms with E-state index in [0.29, 0.717) is 0 Å². The smallest absolute Gasteiger partial charge is 0.0540 e. The fourth-order valence-electron chi connectivity index (χ4n) is 8.40. The van der Waals surface area contributed by atoms with Crippen molar-refractivity contribution >= 4 is 55.7 Å². The van der Waals surface area contributed by atoms with E-state index in [-0.39, 0.29) is 0 Å². The molecule has 290 valence electrons. The Labute approximate surface area is 346 Å². The van der Waals surface area contributed by atoms with Gasteiger partial charge in [-0.3, -0.25) is 0 Å². The minimum absolute atomic E-state index is 1.13. The summed E-state index contributed by atoms with van der Waals surface area (Å²) in [5, 5.41) is 4.96. The highest BCUT2D eigenvalue weighted by molar-refractivity contribution is 6.00. The summed E-state index contributed by atoms with van der Waals surface area (Å²) in [4.78, 5) is 4.82. The molecule has 0 aliphatic heterocycles. The fourth-order valence-corrected chi connectivity index (χ4v) is 8.40. The topological polar surface area (TPSA) is 6.48 Å². The number of hydrogen-bond donors (Lipinski definition) is 0. The largest absolute Gasteiger partial charge is 0.310 e. The lowest BCUT2D eigenvalue weighted by molar-refractivity contribution is 0.667. The van der Waals surface area contributed by atoms with E-state index >= 15 is 0 Å². The van der Waals surface area contributed by atoms with Gasteiger partial charge < -0.3 is 9.80 Å². The molecule has 0 aliphatic rings. The molecule has 8 aromatic rings. The maximum atomic E-state index is 2.41. The summed E-state index contributed by atoms with van der Waals surface area (Å²) in [6, 6.07) is 67.3. The number of anilines is 6. The van der Waals surface area contributed by atoms with Crippen LogP contribution >= 0.6 is 0 Å². The molecule has 0 amide bonds. The molecule has 2 heteroatoms. The monoisotopic (exact) mass is 756 g/mol. The molecule has 0 bridgehead atoms. The molecule has 8 rings (SSSR count). The van der Waals surface area contributed by atoms with Gasteiger partial charge in [0.2, 0.25) is 0 Å². The van der Waals surface area contributed by atoms with Crippen molar-refractivity contribution in [1.82, 2.24) is 0 Å². The average molecular weight is 757 g/mol. The molecule has 0 aliphatic carbocycles. The summed E-state index contributed by atoms with van der Waals surface area (Å²) in [5.41, 5.74) is 12.2. The van der Waals surface area contributed by atoms with Crippen LogP contribution < -0.4 is 9.80 Å². The Bertz CT molecular complexity index is 2320.